The molecule has 0 radical (unpaired) electrons. The van der Waals surface area contributed by atoms with Crippen LogP contribution in [-0.2, 0) is 20.1 Å². The first-order valence-corrected chi connectivity index (χ1v) is 5.79. The zero-order valence-corrected chi connectivity index (χ0v) is 10.5. The molecule has 92 valence electrons. The van der Waals surface area contributed by atoms with Gasteiger partial charge in [0.15, 0.2) is 0 Å². The number of hydrogen-bond acceptors (Lipinski definition) is 4. The third kappa shape index (κ3) is 2.52. The summed E-state index contributed by atoms with van der Waals surface area (Å²) in [5.74, 6) is 1.97. The highest BCUT2D eigenvalue weighted by Crippen LogP contribution is 2.09. The third-order valence-corrected chi connectivity index (χ3v) is 2.85. The molecule has 2 aromatic rings. The molecule has 0 aliphatic carbocycles. The fourth-order valence-electron chi connectivity index (χ4n) is 1.81. The topological polar surface area (TPSA) is 60.6 Å². The normalized spacial score (nSPS) is 12.9. The Hall–Kier alpha value is -1.69. The average Bonchev–Trinajstić information content (AvgIpc) is 2.94. The van der Waals surface area contributed by atoms with E-state index in [-0.39, 0.29) is 6.04 Å². The van der Waals surface area contributed by atoms with E-state index in [2.05, 4.69) is 34.3 Å². The molecule has 0 fully saturated rings. The second-order valence-electron chi connectivity index (χ2n) is 4.03. The number of rotatable bonds is 5. The molecule has 2 heterocycles. The summed E-state index contributed by atoms with van der Waals surface area (Å²) in [6, 6.07) is 0.192. The van der Waals surface area contributed by atoms with Crippen molar-refractivity contribution in [2.45, 2.75) is 33.0 Å². The molecule has 0 aromatic carbocycles. The number of aromatic nitrogens is 5. The molecule has 1 N–H and O–H groups in total. The monoisotopic (exact) mass is 234 g/mol. The van der Waals surface area contributed by atoms with Crippen molar-refractivity contribution >= 4 is 0 Å². The first kappa shape index (κ1) is 11.8. The van der Waals surface area contributed by atoms with Gasteiger partial charge < -0.3 is 14.5 Å². The fraction of sp³-hybridized carbons (Fsp3) is 0.545. The molecule has 0 aliphatic heterocycles. The molecule has 6 heteroatoms. The van der Waals surface area contributed by atoms with E-state index in [9.17, 15) is 0 Å². The quantitative estimate of drug-likeness (QED) is 0.834. The van der Waals surface area contributed by atoms with Crippen LogP contribution >= 0.6 is 0 Å². The largest absolute Gasteiger partial charge is 0.337 e. The molecule has 0 saturated heterocycles. The number of imidazole rings is 1. The molecule has 1 atom stereocenters. The number of aryl methyl sites for hydroxylation is 2. The molecule has 6 nitrogen and oxygen atoms in total. The molecule has 0 aliphatic rings. The van der Waals surface area contributed by atoms with E-state index >= 15 is 0 Å². The lowest BCUT2D eigenvalue weighted by atomic mass is 10.3. The Morgan fingerprint density at radius 3 is 2.94 bits per heavy atom. The molecule has 17 heavy (non-hydrogen) atoms. The lowest BCUT2D eigenvalue weighted by molar-refractivity contribution is 0.507. The van der Waals surface area contributed by atoms with E-state index in [1.165, 1.54) is 0 Å². The summed E-state index contributed by atoms with van der Waals surface area (Å²) in [7, 11) is 2.00. The van der Waals surface area contributed by atoms with Crippen molar-refractivity contribution in [3.63, 3.8) is 0 Å². The van der Waals surface area contributed by atoms with Gasteiger partial charge in [0.25, 0.3) is 0 Å². The van der Waals surface area contributed by atoms with Crippen LogP contribution in [0.2, 0.25) is 0 Å². The van der Waals surface area contributed by atoms with Gasteiger partial charge in [-0.2, -0.15) is 0 Å². The first-order chi connectivity index (χ1) is 8.22. The highest BCUT2D eigenvalue weighted by atomic mass is 15.3. The molecule has 0 saturated carbocycles. The maximum Gasteiger partial charge on any atom is 0.146 e. The van der Waals surface area contributed by atoms with E-state index < -0.39 is 0 Å². The smallest absolute Gasteiger partial charge is 0.146 e. The molecule has 1 unspecified atom stereocenters. The van der Waals surface area contributed by atoms with Gasteiger partial charge >= 0.3 is 0 Å². The van der Waals surface area contributed by atoms with Gasteiger partial charge in [-0.15, -0.1) is 10.2 Å². The van der Waals surface area contributed by atoms with Crippen LogP contribution in [0, 0.1) is 0 Å². The van der Waals surface area contributed by atoms with E-state index in [4.69, 9.17) is 0 Å². The molecular formula is C11H18N6. The standard InChI is InChI=1S/C11H18N6/c1-4-17-8-14-15-10(17)7-13-9(2)11-12-5-6-16(11)3/h5-6,8-9,13H,4,7H2,1-3H3. The van der Waals surface area contributed by atoms with Gasteiger partial charge in [0.2, 0.25) is 0 Å². The Balaban J connectivity index is 1.97. The van der Waals surface area contributed by atoms with Gasteiger partial charge in [-0.3, -0.25) is 0 Å². The molecular weight excluding hydrogens is 216 g/mol. The minimum absolute atomic E-state index is 0.192. The Morgan fingerprint density at radius 1 is 1.47 bits per heavy atom. The van der Waals surface area contributed by atoms with Crippen molar-refractivity contribution in [2.24, 2.45) is 7.05 Å². The van der Waals surface area contributed by atoms with Crippen molar-refractivity contribution in [1.29, 1.82) is 0 Å². The van der Waals surface area contributed by atoms with E-state index in [0.717, 1.165) is 18.2 Å². The predicted molar refractivity (Wildman–Crippen MR) is 64.2 cm³/mol. The van der Waals surface area contributed by atoms with Crippen molar-refractivity contribution in [3.05, 3.63) is 30.4 Å². The lowest BCUT2D eigenvalue weighted by Gasteiger charge is -2.13. The highest BCUT2D eigenvalue weighted by molar-refractivity contribution is 4.97. The van der Waals surface area contributed by atoms with Gasteiger partial charge in [-0.05, 0) is 13.8 Å². The zero-order valence-electron chi connectivity index (χ0n) is 10.5. The summed E-state index contributed by atoms with van der Waals surface area (Å²) in [4.78, 5) is 4.32. The van der Waals surface area contributed by atoms with Crippen LogP contribution in [0.15, 0.2) is 18.7 Å². The fourth-order valence-corrected chi connectivity index (χ4v) is 1.81. The van der Waals surface area contributed by atoms with Crippen molar-refractivity contribution in [1.82, 2.24) is 29.6 Å². The Morgan fingerprint density at radius 2 is 2.29 bits per heavy atom. The Kier molecular flexibility index (Phi) is 3.53. The van der Waals surface area contributed by atoms with Crippen LogP contribution in [0.25, 0.3) is 0 Å². The second kappa shape index (κ2) is 5.09. The van der Waals surface area contributed by atoms with E-state index in [1.54, 1.807) is 6.33 Å². The molecule has 2 aromatic heterocycles. The zero-order chi connectivity index (χ0) is 12.3. The van der Waals surface area contributed by atoms with Gasteiger partial charge in [-0.25, -0.2) is 4.98 Å². The maximum atomic E-state index is 4.32. The van der Waals surface area contributed by atoms with Crippen molar-refractivity contribution in [3.8, 4) is 0 Å². The maximum absolute atomic E-state index is 4.32. The summed E-state index contributed by atoms with van der Waals surface area (Å²) in [6.45, 7) is 5.76. The first-order valence-electron chi connectivity index (χ1n) is 5.79. The molecule has 0 spiro atoms. The van der Waals surface area contributed by atoms with Crippen LogP contribution in [0.3, 0.4) is 0 Å². The number of hydrogen-bond donors (Lipinski definition) is 1. The molecule has 0 amide bonds. The van der Waals surface area contributed by atoms with Crippen LogP contribution < -0.4 is 5.32 Å². The van der Waals surface area contributed by atoms with Gasteiger partial charge in [-0.1, -0.05) is 0 Å². The Bertz CT molecular complexity index is 472. The van der Waals surface area contributed by atoms with Crippen LogP contribution in [-0.4, -0.2) is 24.3 Å². The SMILES string of the molecule is CCn1cnnc1CNC(C)c1nccn1C. The van der Waals surface area contributed by atoms with Crippen molar-refractivity contribution < 1.29 is 0 Å². The van der Waals surface area contributed by atoms with Gasteiger partial charge in [0, 0.05) is 26.0 Å². The van der Waals surface area contributed by atoms with E-state index in [1.807, 2.05) is 28.6 Å². The predicted octanol–water partition coefficient (Wildman–Crippen LogP) is 0.882. The summed E-state index contributed by atoms with van der Waals surface area (Å²) in [6.07, 6.45) is 5.51. The van der Waals surface area contributed by atoms with Crippen LogP contribution in [0.4, 0.5) is 0 Å². The lowest BCUT2D eigenvalue weighted by Crippen LogP contribution is -2.22. The van der Waals surface area contributed by atoms with Gasteiger partial charge in [0.05, 0.1) is 12.6 Å². The van der Waals surface area contributed by atoms with Crippen LogP contribution in [0.5, 0.6) is 0 Å². The molecule has 0 bridgehead atoms. The van der Waals surface area contributed by atoms with Crippen LogP contribution in [0.1, 0.15) is 31.5 Å². The minimum Gasteiger partial charge on any atom is -0.337 e. The van der Waals surface area contributed by atoms with Gasteiger partial charge in [0.1, 0.15) is 18.0 Å². The summed E-state index contributed by atoms with van der Waals surface area (Å²) in [5.41, 5.74) is 0. The number of nitrogens with one attached hydrogen (secondary N) is 1. The average molecular weight is 234 g/mol. The third-order valence-electron chi connectivity index (χ3n) is 2.85. The molecule has 2 rings (SSSR count). The highest BCUT2D eigenvalue weighted by Gasteiger charge is 2.11. The van der Waals surface area contributed by atoms with E-state index in [0.29, 0.717) is 6.54 Å². The second-order valence-corrected chi connectivity index (χ2v) is 4.03. The number of nitrogens with zero attached hydrogens (tertiary/aromatic N) is 5. The van der Waals surface area contributed by atoms with Crippen molar-refractivity contribution in [2.75, 3.05) is 0 Å². The summed E-state index contributed by atoms with van der Waals surface area (Å²) >= 11 is 0. The summed E-state index contributed by atoms with van der Waals surface area (Å²) in [5, 5.41) is 11.4. The minimum atomic E-state index is 0.192. The summed E-state index contributed by atoms with van der Waals surface area (Å²) < 4.78 is 4.04. The Labute approximate surface area is 101 Å².